The van der Waals surface area contributed by atoms with Crippen molar-refractivity contribution in [3.8, 4) is 89.8 Å². The van der Waals surface area contributed by atoms with E-state index in [0.717, 1.165) is 56.8 Å². The molecule has 0 unspecified atom stereocenters. The Hall–Kier alpha value is -10.7. The molecule has 0 amide bonds. The molecular weight excluding hydrogens is 1010 g/mol. The second-order valence-electron chi connectivity index (χ2n) is 22.2. The lowest BCUT2D eigenvalue weighted by molar-refractivity contribution is 0.436. The molecule has 3 nitrogen and oxygen atoms in total. The van der Waals surface area contributed by atoms with Crippen molar-refractivity contribution in [3.63, 3.8) is 0 Å². The van der Waals surface area contributed by atoms with E-state index in [0.29, 0.717) is 0 Å². The van der Waals surface area contributed by atoms with Gasteiger partial charge in [-0.05, 0) is 168 Å². The summed E-state index contributed by atoms with van der Waals surface area (Å²) in [4.78, 5) is 2.38. The number of benzene rings is 13. The summed E-state index contributed by atoms with van der Waals surface area (Å²) in [5, 5.41) is 0. The number of hydrogen-bond acceptors (Lipinski definition) is 3. The van der Waals surface area contributed by atoms with Crippen molar-refractivity contribution in [3.05, 3.63) is 354 Å². The highest BCUT2D eigenvalue weighted by atomic mass is 16.5. The molecule has 0 radical (unpaired) electrons. The van der Waals surface area contributed by atoms with Crippen molar-refractivity contribution >= 4 is 17.1 Å². The molecule has 388 valence electrons. The summed E-state index contributed by atoms with van der Waals surface area (Å²) in [6.07, 6.45) is 0. The van der Waals surface area contributed by atoms with Gasteiger partial charge in [-0.3, -0.25) is 0 Å². The molecular formula is C80H51NO2. The number of fused-ring (bicyclic) bond motifs is 18. The maximum Gasteiger partial charge on any atom is 0.132 e. The van der Waals surface area contributed by atoms with Crippen LogP contribution in [0.5, 0.6) is 23.0 Å². The molecule has 2 heterocycles. The van der Waals surface area contributed by atoms with Gasteiger partial charge in [0, 0.05) is 39.3 Å². The van der Waals surface area contributed by atoms with Crippen LogP contribution in [0, 0.1) is 0 Å². The van der Waals surface area contributed by atoms with E-state index in [1.165, 1.54) is 94.6 Å². The maximum absolute atomic E-state index is 6.61. The number of nitrogens with zero attached hydrogens (tertiary/aromatic N) is 1. The van der Waals surface area contributed by atoms with Crippen LogP contribution in [0.1, 0.15) is 44.5 Å². The van der Waals surface area contributed by atoms with Crippen LogP contribution in [0.15, 0.2) is 309 Å². The van der Waals surface area contributed by atoms with Gasteiger partial charge in [-0.25, -0.2) is 0 Å². The summed E-state index contributed by atoms with van der Waals surface area (Å²) >= 11 is 0. The first-order valence-corrected chi connectivity index (χ1v) is 28.6. The second-order valence-corrected chi connectivity index (χ2v) is 22.2. The molecule has 0 saturated heterocycles. The molecule has 0 N–H and O–H groups in total. The van der Waals surface area contributed by atoms with Crippen LogP contribution in [-0.4, -0.2) is 0 Å². The highest BCUT2D eigenvalue weighted by Gasteiger charge is 2.52. The van der Waals surface area contributed by atoms with Crippen LogP contribution in [0.3, 0.4) is 0 Å². The second kappa shape index (κ2) is 18.4. The first kappa shape index (κ1) is 47.1. The van der Waals surface area contributed by atoms with E-state index in [9.17, 15) is 0 Å². The summed E-state index contributed by atoms with van der Waals surface area (Å²) in [5.41, 5.74) is 26.4. The molecule has 0 atom stereocenters. The van der Waals surface area contributed by atoms with Crippen molar-refractivity contribution in [2.75, 3.05) is 4.90 Å². The normalized spacial score (nSPS) is 13.7. The first-order chi connectivity index (χ1) is 41.1. The van der Waals surface area contributed by atoms with Gasteiger partial charge in [0.15, 0.2) is 0 Å². The smallest absolute Gasteiger partial charge is 0.132 e. The molecule has 0 fully saturated rings. The van der Waals surface area contributed by atoms with E-state index in [-0.39, 0.29) is 0 Å². The number of para-hydroxylation sites is 4. The number of rotatable bonds is 7. The molecule has 2 aliphatic carbocycles. The van der Waals surface area contributed by atoms with Crippen molar-refractivity contribution in [2.45, 2.75) is 10.8 Å². The molecule has 0 aromatic heterocycles. The molecule has 83 heavy (non-hydrogen) atoms. The molecule has 17 rings (SSSR count). The van der Waals surface area contributed by atoms with Crippen LogP contribution in [0.25, 0.3) is 66.8 Å². The lowest BCUT2D eigenvalue weighted by Crippen LogP contribution is -2.32. The summed E-state index contributed by atoms with van der Waals surface area (Å²) in [7, 11) is 0. The highest BCUT2D eigenvalue weighted by molar-refractivity contribution is 5.93. The monoisotopic (exact) mass is 1060 g/mol. The van der Waals surface area contributed by atoms with Gasteiger partial charge in [0.25, 0.3) is 0 Å². The Morgan fingerprint density at radius 1 is 0.193 bits per heavy atom. The van der Waals surface area contributed by atoms with Gasteiger partial charge in [-0.2, -0.15) is 0 Å². The number of ether oxygens (including phenoxy) is 2. The average Bonchev–Trinajstić information content (AvgIpc) is 4.01. The van der Waals surface area contributed by atoms with Crippen LogP contribution >= 0.6 is 0 Å². The number of anilines is 3. The van der Waals surface area contributed by atoms with E-state index >= 15 is 0 Å². The maximum atomic E-state index is 6.61. The van der Waals surface area contributed by atoms with Crippen molar-refractivity contribution in [1.29, 1.82) is 0 Å². The first-order valence-electron chi connectivity index (χ1n) is 28.6. The summed E-state index contributed by atoms with van der Waals surface area (Å²) in [6.45, 7) is 0. The predicted octanol–water partition coefficient (Wildman–Crippen LogP) is 20.8. The molecule has 4 aliphatic rings. The van der Waals surface area contributed by atoms with E-state index in [1.54, 1.807) is 0 Å². The molecule has 3 heteroatoms. The van der Waals surface area contributed by atoms with Gasteiger partial charge >= 0.3 is 0 Å². The summed E-state index contributed by atoms with van der Waals surface area (Å²) in [6, 6.07) is 113. The lowest BCUT2D eigenvalue weighted by Gasteiger charge is -2.39. The Morgan fingerprint density at radius 3 is 0.855 bits per heavy atom. The van der Waals surface area contributed by atoms with E-state index in [4.69, 9.17) is 9.47 Å². The van der Waals surface area contributed by atoms with E-state index < -0.39 is 10.8 Å². The van der Waals surface area contributed by atoms with Gasteiger partial charge in [0.1, 0.15) is 23.0 Å². The third kappa shape index (κ3) is 6.98. The fourth-order valence-electron chi connectivity index (χ4n) is 14.4. The van der Waals surface area contributed by atoms with Crippen LogP contribution in [0.4, 0.5) is 17.1 Å². The number of hydrogen-bond donors (Lipinski definition) is 0. The van der Waals surface area contributed by atoms with Gasteiger partial charge in [0.05, 0.1) is 10.8 Å². The minimum absolute atomic E-state index is 0.504. The van der Waals surface area contributed by atoms with Crippen molar-refractivity contribution in [1.82, 2.24) is 0 Å². The van der Waals surface area contributed by atoms with Crippen LogP contribution < -0.4 is 14.4 Å². The lowest BCUT2D eigenvalue weighted by atomic mass is 9.66. The third-order valence-electron chi connectivity index (χ3n) is 18.0. The van der Waals surface area contributed by atoms with Gasteiger partial charge in [-0.1, -0.05) is 231 Å². The molecule has 2 aliphatic heterocycles. The Morgan fingerprint density at radius 2 is 0.470 bits per heavy atom. The molecule has 0 saturated carbocycles. The largest absolute Gasteiger partial charge is 0.457 e. The SMILES string of the molecule is c1ccc(-c2cccc(-c3ccc(N(c4ccc(-c5ccc6c(c5)-c5ccccc5C65c6ccccc6Oc6ccccc65)cc4)c4ccc(-c5ccc6c(c5)-c5ccccc5C65c6ccccc6Oc6ccccc65)cc4)cc3)c2)cc1. The van der Waals surface area contributed by atoms with Gasteiger partial charge in [-0.15, -0.1) is 0 Å². The van der Waals surface area contributed by atoms with Crippen molar-refractivity contribution in [2.24, 2.45) is 0 Å². The van der Waals surface area contributed by atoms with Gasteiger partial charge < -0.3 is 14.4 Å². The average molecular weight is 1060 g/mol. The third-order valence-corrected chi connectivity index (χ3v) is 18.0. The molecule has 13 aromatic carbocycles. The van der Waals surface area contributed by atoms with Crippen LogP contribution in [0.2, 0.25) is 0 Å². The standard InChI is InChI=1S/C80H51NO2/c1-2-17-52(18-3-1)56-19-16-20-57(49-56)53-33-41-60(42-34-53)81(61-43-35-54(36-44-61)58-39-47-69-65(50-58)63-21-4-6-23-67(63)79(69)71-25-8-12-29-75(71)82-76-30-13-9-26-72(76)79)62-45-37-55(38-46-62)59-40-48-70-66(51-59)64-22-5-7-24-68(64)80(70)73-27-10-14-31-77(73)83-78-32-15-11-28-74(78)80/h1-51H. The minimum atomic E-state index is -0.504. The summed E-state index contributed by atoms with van der Waals surface area (Å²) < 4.78 is 13.2. The van der Waals surface area contributed by atoms with E-state index in [1.807, 2.05) is 0 Å². The molecule has 0 bridgehead atoms. The zero-order valence-corrected chi connectivity index (χ0v) is 45.2. The van der Waals surface area contributed by atoms with Gasteiger partial charge in [0.2, 0.25) is 0 Å². The zero-order valence-electron chi connectivity index (χ0n) is 45.2. The Balaban J connectivity index is 0.753. The minimum Gasteiger partial charge on any atom is -0.457 e. The fraction of sp³-hybridized carbons (Fsp3) is 0.0250. The predicted molar refractivity (Wildman–Crippen MR) is 338 cm³/mol. The zero-order chi connectivity index (χ0) is 54.6. The van der Waals surface area contributed by atoms with Crippen molar-refractivity contribution < 1.29 is 9.47 Å². The Bertz CT molecular complexity index is 4400. The fourth-order valence-corrected chi connectivity index (χ4v) is 14.4. The van der Waals surface area contributed by atoms with E-state index in [2.05, 4.69) is 314 Å². The topological polar surface area (TPSA) is 21.7 Å². The molecule has 13 aromatic rings. The Labute approximate surface area is 483 Å². The van der Waals surface area contributed by atoms with Crippen LogP contribution in [-0.2, 0) is 10.8 Å². The quantitative estimate of drug-likeness (QED) is 0.159. The molecule has 2 spiro atoms. The Kier molecular flexibility index (Phi) is 10.4. The highest BCUT2D eigenvalue weighted by Crippen LogP contribution is 2.64. The summed E-state index contributed by atoms with van der Waals surface area (Å²) in [5.74, 6) is 3.60.